The third kappa shape index (κ3) is 4.57. The van der Waals surface area contributed by atoms with Crippen LogP contribution in [0.25, 0.3) is 0 Å². The van der Waals surface area contributed by atoms with Crippen LogP contribution in [0, 0.1) is 6.92 Å². The number of nitrogens with zero attached hydrogens (tertiary/aromatic N) is 3. The molecule has 0 aliphatic carbocycles. The van der Waals surface area contributed by atoms with Crippen molar-refractivity contribution < 1.29 is 14.3 Å². The zero-order chi connectivity index (χ0) is 17.6. The number of hydrogen-bond donors (Lipinski definition) is 0. The molecule has 1 aromatic rings. The molecule has 0 atom stereocenters. The molecular formula is C19H27N3O3. The molecule has 25 heavy (non-hydrogen) atoms. The van der Waals surface area contributed by atoms with Gasteiger partial charge in [0.2, 0.25) is 5.91 Å². The monoisotopic (exact) mass is 345 g/mol. The molecule has 0 unspecified atom stereocenters. The van der Waals surface area contributed by atoms with Gasteiger partial charge in [-0.3, -0.25) is 14.6 Å². The molecule has 2 aliphatic heterocycles. The first-order valence-electron chi connectivity index (χ1n) is 9.24. The van der Waals surface area contributed by atoms with Crippen molar-refractivity contribution in [2.45, 2.75) is 45.1 Å². The van der Waals surface area contributed by atoms with Gasteiger partial charge in [0, 0.05) is 57.2 Å². The smallest absolute Gasteiger partial charge is 0.255 e. The van der Waals surface area contributed by atoms with E-state index in [2.05, 4.69) is 4.98 Å². The lowest BCUT2D eigenvalue weighted by atomic mass is 10.1. The van der Waals surface area contributed by atoms with E-state index in [4.69, 9.17) is 4.74 Å². The van der Waals surface area contributed by atoms with Crippen molar-refractivity contribution in [3.8, 4) is 0 Å². The second-order valence-corrected chi connectivity index (χ2v) is 6.87. The van der Waals surface area contributed by atoms with Crippen LogP contribution in [0.2, 0.25) is 0 Å². The average Bonchev–Trinajstić information content (AvgIpc) is 3.04. The Labute approximate surface area is 149 Å². The summed E-state index contributed by atoms with van der Waals surface area (Å²) in [6.45, 7) is 5.57. The second kappa shape index (κ2) is 8.43. The highest BCUT2D eigenvalue weighted by molar-refractivity contribution is 5.94. The van der Waals surface area contributed by atoms with Gasteiger partial charge in [-0.1, -0.05) is 0 Å². The van der Waals surface area contributed by atoms with Gasteiger partial charge in [-0.15, -0.1) is 0 Å². The van der Waals surface area contributed by atoms with E-state index >= 15 is 0 Å². The SMILES string of the molecule is Cc1ccc(C(=O)N(CCCN2CCCC2=O)C2CCOCC2)cn1. The minimum Gasteiger partial charge on any atom is -0.381 e. The minimum absolute atomic E-state index is 0.0344. The summed E-state index contributed by atoms with van der Waals surface area (Å²) >= 11 is 0. The highest BCUT2D eigenvalue weighted by Gasteiger charge is 2.27. The van der Waals surface area contributed by atoms with Crippen molar-refractivity contribution in [2.24, 2.45) is 0 Å². The van der Waals surface area contributed by atoms with Gasteiger partial charge < -0.3 is 14.5 Å². The lowest BCUT2D eigenvalue weighted by molar-refractivity contribution is -0.127. The molecule has 2 amide bonds. The summed E-state index contributed by atoms with van der Waals surface area (Å²) in [5.74, 6) is 0.277. The first kappa shape index (κ1) is 17.9. The van der Waals surface area contributed by atoms with E-state index in [1.807, 2.05) is 28.9 Å². The van der Waals surface area contributed by atoms with Gasteiger partial charge in [0.25, 0.3) is 5.91 Å². The van der Waals surface area contributed by atoms with Gasteiger partial charge in [0.15, 0.2) is 0 Å². The summed E-state index contributed by atoms with van der Waals surface area (Å²) in [7, 11) is 0. The van der Waals surface area contributed by atoms with Crippen molar-refractivity contribution >= 4 is 11.8 Å². The Kier molecular flexibility index (Phi) is 6.02. The van der Waals surface area contributed by atoms with Crippen LogP contribution >= 0.6 is 0 Å². The Morgan fingerprint density at radius 2 is 2.16 bits per heavy atom. The van der Waals surface area contributed by atoms with Crippen molar-refractivity contribution in [3.63, 3.8) is 0 Å². The fourth-order valence-corrected chi connectivity index (χ4v) is 3.58. The topological polar surface area (TPSA) is 62.7 Å². The van der Waals surface area contributed by atoms with Crippen molar-refractivity contribution in [2.75, 3.05) is 32.8 Å². The molecule has 0 radical (unpaired) electrons. The molecule has 0 N–H and O–H groups in total. The second-order valence-electron chi connectivity index (χ2n) is 6.87. The standard InChI is InChI=1S/C19H27N3O3/c1-15-5-6-16(14-20-15)19(24)22(17-7-12-25-13-8-17)11-3-10-21-9-2-4-18(21)23/h5-6,14,17H,2-4,7-13H2,1H3. The van der Waals surface area contributed by atoms with Crippen molar-refractivity contribution in [1.29, 1.82) is 0 Å². The first-order valence-corrected chi connectivity index (χ1v) is 9.24. The number of hydrogen-bond acceptors (Lipinski definition) is 4. The number of ether oxygens (including phenoxy) is 1. The molecule has 2 fully saturated rings. The van der Waals surface area contributed by atoms with Gasteiger partial charge in [-0.25, -0.2) is 0 Å². The number of pyridine rings is 1. The average molecular weight is 345 g/mol. The highest BCUT2D eigenvalue weighted by Crippen LogP contribution is 2.19. The number of likely N-dealkylation sites (tertiary alicyclic amines) is 1. The number of amides is 2. The maximum absolute atomic E-state index is 13.0. The van der Waals surface area contributed by atoms with Crippen LogP contribution in [-0.4, -0.2) is 65.5 Å². The first-order chi connectivity index (χ1) is 12.1. The lowest BCUT2D eigenvalue weighted by Gasteiger charge is -2.35. The van der Waals surface area contributed by atoms with Crippen LogP contribution in [0.15, 0.2) is 18.3 Å². The Bertz CT molecular complexity index is 596. The number of carbonyl (C=O) groups excluding carboxylic acids is 2. The van der Waals surface area contributed by atoms with E-state index in [-0.39, 0.29) is 17.9 Å². The molecule has 3 rings (SSSR count). The molecule has 6 heteroatoms. The van der Waals surface area contributed by atoms with Gasteiger partial charge in [0.1, 0.15) is 0 Å². The van der Waals surface area contributed by atoms with Crippen molar-refractivity contribution in [3.05, 3.63) is 29.6 Å². The quantitative estimate of drug-likeness (QED) is 0.791. The van der Waals surface area contributed by atoms with Gasteiger partial charge >= 0.3 is 0 Å². The third-order valence-electron chi connectivity index (χ3n) is 5.05. The van der Waals surface area contributed by atoms with Gasteiger partial charge in [0.05, 0.1) is 5.56 Å². The molecule has 2 aliphatic rings. The minimum atomic E-state index is 0.0344. The van der Waals surface area contributed by atoms with Crippen LogP contribution in [0.1, 0.15) is 48.2 Å². The molecule has 0 aromatic carbocycles. The predicted octanol–water partition coefficient (Wildman–Crippen LogP) is 2.02. The van der Waals surface area contributed by atoms with Crippen LogP contribution in [0.5, 0.6) is 0 Å². The highest BCUT2D eigenvalue weighted by atomic mass is 16.5. The third-order valence-corrected chi connectivity index (χ3v) is 5.05. The maximum Gasteiger partial charge on any atom is 0.255 e. The normalized spacial score (nSPS) is 18.6. The zero-order valence-electron chi connectivity index (χ0n) is 14.9. The Morgan fingerprint density at radius 3 is 2.80 bits per heavy atom. The van der Waals surface area contributed by atoms with Crippen LogP contribution in [0.3, 0.4) is 0 Å². The molecule has 0 spiro atoms. The van der Waals surface area contributed by atoms with E-state index in [1.54, 1.807) is 6.20 Å². The lowest BCUT2D eigenvalue weighted by Crippen LogP contribution is -2.44. The summed E-state index contributed by atoms with van der Waals surface area (Å²) in [6, 6.07) is 3.93. The summed E-state index contributed by atoms with van der Waals surface area (Å²) in [5.41, 5.74) is 1.54. The van der Waals surface area contributed by atoms with E-state index < -0.39 is 0 Å². The van der Waals surface area contributed by atoms with Crippen LogP contribution in [0.4, 0.5) is 0 Å². The number of rotatable bonds is 6. The number of carbonyl (C=O) groups is 2. The van der Waals surface area contributed by atoms with Crippen LogP contribution in [-0.2, 0) is 9.53 Å². The fourth-order valence-electron chi connectivity index (χ4n) is 3.58. The predicted molar refractivity (Wildman–Crippen MR) is 94.3 cm³/mol. The van der Waals surface area contributed by atoms with E-state index in [1.165, 1.54) is 0 Å². The fraction of sp³-hybridized carbons (Fsp3) is 0.632. The van der Waals surface area contributed by atoms with Crippen LogP contribution < -0.4 is 0 Å². The number of aromatic nitrogens is 1. The molecule has 136 valence electrons. The van der Waals surface area contributed by atoms with E-state index in [0.29, 0.717) is 31.7 Å². The molecule has 6 nitrogen and oxygen atoms in total. The van der Waals surface area contributed by atoms with E-state index in [0.717, 1.165) is 44.5 Å². The summed E-state index contributed by atoms with van der Waals surface area (Å²) < 4.78 is 5.45. The van der Waals surface area contributed by atoms with Gasteiger partial charge in [-0.2, -0.15) is 0 Å². The number of aryl methyl sites for hydroxylation is 1. The molecule has 0 bridgehead atoms. The van der Waals surface area contributed by atoms with Gasteiger partial charge in [-0.05, 0) is 44.7 Å². The Hall–Kier alpha value is -1.95. The summed E-state index contributed by atoms with van der Waals surface area (Å²) in [5, 5.41) is 0. The largest absolute Gasteiger partial charge is 0.381 e. The molecule has 1 aromatic heterocycles. The summed E-state index contributed by atoms with van der Waals surface area (Å²) in [6.07, 6.45) is 5.83. The molecule has 3 heterocycles. The van der Waals surface area contributed by atoms with E-state index in [9.17, 15) is 9.59 Å². The zero-order valence-corrected chi connectivity index (χ0v) is 14.9. The van der Waals surface area contributed by atoms with Crippen molar-refractivity contribution in [1.82, 2.24) is 14.8 Å². The summed E-state index contributed by atoms with van der Waals surface area (Å²) in [4.78, 5) is 32.9. The Balaban J connectivity index is 1.64. The maximum atomic E-state index is 13.0. The Morgan fingerprint density at radius 1 is 1.36 bits per heavy atom. The molecule has 0 saturated carbocycles. The molecule has 2 saturated heterocycles. The molecular weight excluding hydrogens is 318 g/mol.